The summed E-state index contributed by atoms with van der Waals surface area (Å²) in [6.45, 7) is 4.13. The number of sulfonamides is 1. The number of methoxy groups -OCH3 is 1. The molecule has 0 aliphatic heterocycles. The van der Waals surface area contributed by atoms with Crippen LogP contribution in [0.1, 0.15) is 26.7 Å². The van der Waals surface area contributed by atoms with Crippen LogP contribution in [0.4, 0.5) is 0 Å². The van der Waals surface area contributed by atoms with Gasteiger partial charge in [-0.2, -0.15) is 0 Å². The van der Waals surface area contributed by atoms with E-state index in [1.807, 2.05) is 13.8 Å². The van der Waals surface area contributed by atoms with Gasteiger partial charge in [0.2, 0.25) is 10.0 Å². The Hall–Kier alpha value is -1.11. The number of rotatable bonds is 7. The van der Waals surface area contributed by atoms with Gasteiger partial charge in [-0.05, 0) is 37.1 Å². The van der Waals surface area contributed by atoms with Gasteiger partial charge in [0, 0.05) is 12.1 Å². The molecule has 3 N–H and O–H groups in total. The van der Waals surface area contributed by atoms with E-state index in [0.717, 1.165) is 0 Å². The molecule has 1 rings (SSSR count). The van der Waals surface area contributed by atoms with E-state index < -0.39 is 15.6 Å². The van der Waals surface area contributed by atoms with Gasteiger partial charge in [0.1, 0.15) is 5.75 Å². The van der Waals surface area contributed by atoms with E-state index in [1.54, 1.807) is 12.1 Å². The average Bonchev–Trinajstić information content (AvgIpc) is 2.45. The number of ether oxygens (including phenoxy) is 1. The molecule has 0 fully saturated rings. The minimum absolute atomic E-state index is 0.211. The molecule has 0 aromatic heterocycles. The van der Waals surface area contributed by atoms with E-state index in [9.17, 15) is 8.42 Å². The zero-order valence-corrected chi connectivity index (χ0v) is 12.5. The van der Waals surface area contributed by atoms with Crippen LogP contribution in [0.25, 0.3) is 0 Å². The van der Waals surface area contributed by atoms with E-state index >= 15 is 0 Å². The van der Waals surface area contributed by atoms with Crippen molar-refractivity contribution in [2.24, 2.45) is 5.73 Å². The fourth-order valence-corrected chi connectivity index (χ4v) is 2.72. The largest absolute Gasteiger partial charge is 0.497 e. The molecule has 0 atom stereocenters. The summed E-state index contributed by atoms with van der Waals surface area (Å²) in [5.41, 5.74) is 5.58. The zero-order chi connectivity index (χ0) is 14.5. The van der Waals surface area contributed by atoms with Crippen LogP contribution in [-0.4, -0.2) is 27.6 Å². The van der Waals surface area contributed by atoms with Crippen LogP contribution in [0, 0.1) is 0 Å². The predicted octanol–water partition coefficient (Wildman–Crippen LogP) is 1.49. The summed E-state index contributed by atoms with van der Waals surface area (Å²) in [4.78, 5) is 0.211. The first-order valence-corrected chi connectivity index (χ1v) is 7.78. The third kappa shape index (κ3) is 4.19. The van der Waals surface area contributed by atoms with Crippen molar-refractivity contribution in [3.8, 4) is 5.75 Å². The van der Waals surface area contributed by atoms with E-state index in [-0.39, 0.29) is 11.4 Å². The second kappa shape index (κ2) is 6.36. The number of hydrogen-bond donors (Lipinski definition) is 2. The Kier molecular flexibility index (Phi) is 5.34. The molecule has 6 heteroatoms. The highest BCUT2D eigenvalue weighted by Crippen LogP contribution is 2.16. The fraction of sp³-hybridized carbons (Fsp3) is 0.538. The maximum Gasteiger partial charge on any atom is 0.240 e. The summed E-state index contributed by atoms with van der Waals surface area (Å²) >= 11 is 0. The maximum absolute atomic E-state index is 12.1. The summed E-state index contributed by atoms with van der Waals surface area (Å²) in [6.07, 6.45) is 1.43. The molecule has 108 valence electrons. The van der Waals surface area contributed by atoms with E-state index in [2.05, 4.69) is 4.72 Å². The van der Waals surface area contributed by atoms with Crippen LogP contribution in [0.3, 0.4) is 0 Å². The summed E-state index contributed by atoms with van der Waals surface area (Å²) in [5.74, 6) is 0.620. The molecule has 0 unspecified atom stereocenters. The topological polar surface area (TPSA) is 81.4 Å². The minimum atomic E-state index is -3.52. The van der Waals surface area contributed by atoms with Crippen LogP contribution in [0.2, 0.25) is 0 Å². The molecule has 5 nitrogen and oxygen atoms in total. The Morgan fingerprint density at radius 3 is 2.16 bits per heavy atom. The molecule has 0 radical (unpaired) electrons. The van der Waals surface area contributed by atoms with Gasteiger partial charge < -0.3 is 10.5 Å². The molecular formula is C13H22N2O3S. The van der Waals surface area contributed by atoms with Crippen LogP contribution >= 0.6 is 0 Å². The average molecular weight is 286 g/mol. The van der Waals surface area contributed by atoms with Crippen LogP contribution in [0.5, 0.6) is 5.75 Å². The van der Waals surface area contributed by atoms with Crippen molar-refractivity contribution in [1.29, 1.82) is 0 Å². The van der Waals surface area contributed by atoms with E-state index in [4.69, 9.17) is 10.5 Å². The normalized spacial score (nSPS) is 12.4. The first-order valence-electron chi connectivity index (χ1n) is 6.29. The quantitative estimate of drug-likeness (QED) is 0.795. The van der Waals surface area contributed by atoms with Crippen molar-refractivity contribution < 1.29 is 13.2 Å². The summed E-state index contributed by atoms with van der Waals surface area (Å²) in [5, 5.41) is 0. The minimum Gasteiger partial charge on any atom is -0.497 e. The van der Waals surface area contributed by atoms with Gasteiger partial charge in [0.05, 0.1) is 12.0 Å². The monoisotopic (exact) mass is 286 g/mol. The van der Waals surface area contributed by atoms with E-state index in [0.29, 0.717) is 18.6 Å². The van der Waals surface area contributed by atoms with Gasteiger partial charge in [-0.25, -0.2) is 13.1 Å². The lowest BCUT2D eigenvalue weighted by Gasteiger charge is -2.26. The summed E-state index contributed by atoms with van der Waals surface area (Å²) < 4.78 is 31.8. The van der Waals surface area contributed by atoms with Crippen LogP contribution in [-0.2, 0) is 10.0 Å². The Bertz CT molecular complexity index is 493. The SMILES string of the molecule is CCC(N)(CC)CNS(=O)(=O)c1ccc(OC)cc1. The van der Waals surface area contributed by atoms with Gasteiger partial charge in [0.15, 0.2) is 0 Å². The van der Waals surface area contributed by atoms with Crippen molar-refractivity contribution in [3.63, 3.8) is 0 Å². The molecule has 19 heavy (non-hydrogen) atoms. The maximum atomic E-state index is 12.1. The lowest BCUT2D eigenvalue weighted by Crippen LogP contribution is -2.49. The Balaban J connectivity index is 2.80. The predicted molar refractivity (Wildman–Crippen MR) is 75.7 cm³/mol. The summed E-state index contributed by atoms with van der Waals surface area (Å²) in [6, 6.07) is 6.25. The first kappa shape index (κ1) is 15.9. The molecule has 0 saturated carbocycles. The molecule has 0 bridgehead atoms. The second-order valence-electron chi connectivity index (χ2n) is 4.57. The second-order valence-corrected chi connectivity index (χ2v) is 6.34. The van der Waals surface area contributed by atoms with Crippen LogP contribution in [0.15, 0.2) is 29.2 Å². The molecule has 0 spiro atoms. The zero-order valence-electron chi connectivity index (χ0n) is 11.6. The molecule has 0 aliphatic carbocycles. The standard InChI is InChI=1S/C13H22N2O3S/c1-4-13(14,5-2)10-15-19(16,17)12-8-6-11(18-3)7-9-12/h6-9,15H,4-5,10,14H2,1-3H3. The highest BCUT2D eigenvalue weighted by Gasteiger charge is 2.23. The van der Waals surface area contributed by atoms with Crippen molar-refractivity contribution in [2.75, 3.05) is 13.7 Å². The lowest BCUT2D eigenvalue weighted by molar-refractivity contribution is 0.391. The Labute approximate surface area is 115 Å². The molecule has 0 heterocycles. The number of hydrogen-bond acceptors (Lipinski definition) is 4. The molecule has 0 amide bonds. The van der Waals surface area contributed by atoms with Crippen molar-refractivity contribution in [1.82, 2.24) is 4.72 Å². The highest BCUT2D eigenvalue weighted by atomic mass is 32.2. The van der Waals surface area contributed by atoms with Gasteiger partial charge in [-0.3, -0.25) is 0 Å². The molecule has 1 aromatic rings. The van der Waals surface area contributed by atoms with Crippen molar-refractivity contribution >= 4 is 10.0 Å². The van der Waals surface area contributed by atoms with Crippen LogP contribution < -0.4 is 15.2 Å². The third-order valence-electron chi connectivity index (χ3n) is 3.39. The van der Waals surface area contributed by atoms with Gasteiger partial charge >= 0.3 is 0 Å². The van der Waals surface area contributed by atoms with Gasteiger partial charge in [-0.15, -0.1) is 0 Å². The fourth-order valence-electron chi connectivity index (χ4n) is 1.58. The Morgan fingerprint density at radius 1 is 1.21 bits per heavy atom. The third-order valence-corrected chi connectivity index (χ3v) is 4.81. The first-order chi connectivity index (χ1) is 8.87. The molecular weight excluding hydrogens is 264 g/mol. The number of benzene rings is 1. The highest BCUT2D eigenvalue weighted by molar-refractivity contribution is 7.89. The number of nitrogens with one attached hydrogen (secondary N) is 1. The molecule has 0 aliphatic rings. The molecule has 0 saturated heterocycles. The van der Waals surface area contributed by atoms with Gasteiger partial charge in [0.25, 0.3) is 0 Å². The smallest absolute Gasteiger partial charge is 0.240 e. The molecule has 1 aromatic carbocycles. The van der Waals surface area contributed by atoms with Crippen molar-refractivity contribution in [3.05, 3.63) is 24.3 Å². The summed E-state index contributed by atoms with van der Waals surface area (Å²) in [7, 11) is -1.99. The lowest BCUT2D eigenvalue weighted by atomic mass is 9.95. The Morgan fingerprint density at radius 2 is 1.74 bits per heavy atom. The van der Waals surface area contributed by atoms with Gasteiger partial charge in [-0.1, -0.05) is 13.8 Å². The van der Waals surface area contributed by atoms with Crippen molar-refractivity contribution in [2.45, 2.75) is 37.1 Å². The van der Waals surface area contributed by atoms with E-state index in [1.165, 1.54) is 19.2 Å². The number of nitrogens with two attached hydrogens (primary N) is 1.